The Morgan fingerprint density at radius 3 is 2.27 bits per heavy atom. The van der Waals surface area contributed by atoms with Gasteiger partial charge in [0.1, 0.15) is 0 Å². The molecule has 0 radical (unpaired) electrons. The predicted octanol–water partition coefficient (Wildman–Crippen LogP) is 3.87. The van der Waals surface area contributed by atoms with Crippen molar-refractivity contribution < 1.29 is 19.2 Å². The summed E-state index contributed by atoms with van der Waals surface area (Å²) in [6.07, 6.45) is 0. The Kier molecular flexibility index (Phi) is 5.94. The number of nitrogens with zero attached hydrogens (tertiary/aromatic N) is 2. The van der Waals surface area contributed by atoms with Crippen molar-refractivity contribution in [1.29, 1.82) is 0 Å². The van der Waals surface area contributed by atoms with Crippen molar-refractivity contribution in [1.82, 2.24) is 4.90 Å². The lowest BCUT2D eigenvalue weighted by atomic mass is 10.0. The van der Waals surface area contributed by atoms with Crippen LogP contribution in [0, 0.1) is 10.1 Å². The van der Waals surface area contributed by atoms with Gasteiger partial charge in [0.2, 0.25) is 0 Å². The second-order valence-corrected chi connectivity index (χ2v) is 6.10. The summed E-state index contributed by atoms with van der Waals surface area (Å²) in [6.45, 7) is 1.82. The number of hydrogen-bond acceptors (Lipinski definition) is 5. The van der Waals surface area contributed by atoms with Crippen molar-refractivity contribution in [3.05, 3.63) is 74.3 Å². The van der Waals surface area contributed by atoms with Gasteiger partial charge >= 0.3 is 5.97 Å². The number of carbonyl (C=O) groups excluding carboxylic acids is 2. The molecule has 0 saturated heterocycles. The van der Waals surface area contributed by atoms with Crippen molar-refractivity contribution in [3.8, 4) is 0 Å². The number of halogens is 1. The SMILES string of the molecule is COC(=O)c1cc(C(=O)N(C)C(C)c2ccc(Cl)cc2)cc([N+](=O)[O-])c1. The summed E-state index contributed by atoms with van der Waals surface area (Å²) in [7, 11) is 2.75. The molecule has 0 spiro atoms. The van der Waals surface area contributed by atoms with E-state index in [1.165, 1.54) is 11.0 Å². The molecular formula is C18H17ClN2O5. The third kappa shape index (κ3) is 4.18. The normalized spacial score (nSPS) is 11.5. The number of esters is 1. The van der Waals surface area contributed by atoms with Gasteiger partial charge in [-0.2, -0.15) is 0 Å². The molecule has 1 amide bonds. The molecule has 0 aliphatic rings. The first-order chi connectivity index (χ1) is 12.2. The highest BCUT2D eigenvalue weighted by molar-refractivity contribution is 6.30. The quantitative estimate of drug-likeness (QED) is 0.449. The Labute approximate surface area is 155 Å². The molecule has 0 fully saturated rings. The van der Waals surface area contributed by atoms with E-state index >= 15 is 0 Å². The molecule has 0 N–H and O–H groups in total. The van der Waals surface area contributed by atoms with Crippen LogP contribution in [-0.4, -0.2) is 35.9 Å². The van der Waals surface area contributed by atoms with E-state index in [-0.39, 0.29) is 22.9 Å². The number of ether oxygens (including phenoxy) is 1. The number of rotatable bonds is 5. The Morgan fingerprint density at radius 1 is 1.15 bits per heavy atom. The van der Waals surface area contributed by atoms with Gasteiger partial charge in [-0.3, -0.25) is 14.9 Å². The van der Waals surface area contributed by atoms with E-state index in [2.05, 4.69) is 4.74 Å². The van der Waals surface area contributed by atoms with Crippen LogP contribution in [0.4, 0.5) is 5.69 Å². The van der Waals surface area contributed by atoms with Crippen LogP contribution in [0.3, 0.4) is 0 Å². The van der Waals surface area contributed by atoms with Crippen molar-refractivity contribution >= 4 is 29.2 Å². The van der Waals surface area contributed by atoms with Crippen LogP contribution in [0.5, 0.6) is 0 Å². The van der Waals surface area contributed by atoms with E-state index in [0.717, 1.165) is 24.8 Å². The number of benzene rings is 2. The van der Waals surface area contributed by atoms with Crippen molar-refractivity contribution in [2.24, 2.45) is 0 Å². The van der Waals surface area contributed by atoms with Crippen molar-refractivity contribution in [2.45, 2.75) is 13.0 Å². The first-order valence-electron chi connectivity index (χ1n) is 7.65. The van der Waals surface area contributed by atoms with E-state index in [0.29, 0.717) is 5.02 Å². The number of carbonyl (C=O) groups is 2. The minimum absolute atomic E-state index is 0.0305. The Hall–Kier alpha value is -2.93. The molecule has 1 atom stereocenters. The smallest absolute Gasteiger partial charge is 0.338 e. The molecule has 2 rings (SSSR count). The maximum absolute atomic E-state index is 12.8. The van der Waals surface area contributed by atoms with Gasteiger partial charge in [-0.1, -0.05) is 23.7 Å². The Balaban J connectivity index is 2.37. The second-order valence-electron chi connectivity index (χ2n) is 5.66. The van der Waals surface area contributed by atoms with Crippen LogP contribution in [0.25, 0.3) is 0 Å². The molecule has 8 heteroatoms. The summed E-state index contributed by atoms with van der Waals surface area (Å²) in [5, 5.41) is 11.7. The number of hydrogen-bond donors (Lipinski definition) is 0. The van der Waals surface area contributed by atoms with E-state index < -0.39 is 16.8 Å². The minimum atomic E-state index is -0.754. The maximum Gasteiger partial charge on any atom is 0.338 e. The highest BCUT2D eigenvalue weighted by atomic mass is 35.5. The first-order valence-corrected chi connectivity index (χ1v) is 8.02. The lowest BCUT2D eigenvalue weighted by Crippen LogP contribution is -2.30. The van der Waals surface area contributed by atoms with Crippen LogP contribution >= 0.6 is 11.6 Å². The fourth-order valence-electron chi connectivity index (χ4n) is 2.42. The molecule has 7 nitrogen and oxygen atoms in total. The van der Waals surface area contributed by atoms with E-state index in [9.17, 15) is 19.7 Å². The molecule has 0 bridgehead atoms. The lowest BCUT2D eigenvalue weighted by molar-refractivity contribution is -0.384. The zero-order valence-electron chi connectivity index (χ0n) is 14.4. The van der Waals surface area contributed by atoms with Gasteiger partial charge in [0.05, 0.1) is 23.6 Å². The summed E-state index contributed by atoms with van der Waals surface area (Å²) < 4.78 is 4.60. The molecule has 0 heterocycles. The summed E-state index contributed by atoms with van der Waals surface area (Å²) in [5.41, 5.74) is 0.466. The summed E-state index contributed by atoms with van der Waals surface area (Å²) >= 11 is 5.87. The zero-order chi connectivity index (χ0) is 19.4. The van der Waals surface area contributed by atoms with Gasteiger partial charge in [-0.05, 0) is 30.7 Å². The van der Waals surface area contributed by atoms with Gasteiger partial charge in [0.25, 0.3) is 11.6 Å². The molecule has 26 heavy (non-hydrogen) atoms. The van der Waals surface area contributed by atoms with Crippen LogP contribution in [0.2, 0.25) is 5.02 Å². The second kappa shape index (κ2) is 7.97. The predicted molar refractivity (Wildman–Crippen MR) is 96.4 cm³/mol. The van der Waals surface area contributed by atoms with E-state index in [4.69, 9.17) is 11.6 Å². The van der Waals surface area contributed by atoms with Gasteiger partial charge in [0, 0.05) is 29.8 Å². The highest BCUT2D eigenvalue weighted by Crippen LogP contribution is 2.25. The fourth-order valence-corrected chi connectivity index (χ4v) is 2.55. The average Bonchev–Trinajstić information content (AvgIpc) is 2.65. The number of non-ortho nitro benzene ring substituents is 1. The standard InChI is InChI=1S/C18H17ClN2O5/c1-11(12-4-6-15(19)7-5-12)20(2)17(22)13-8-14(18(23)26-3)10-16(9-13)21(24)25/h4-11H,1-3H3. The number of nitro benzene ring substituents is 1. The lowest BCUT2D eigenvalue weighted by Gasteiger charge is -2.25. The Bertz CT molecular complexity index is 851. The molecule has 2 aromatic rings. The number of amides is 1. The first kappa shape index (κ1) is 19.4. The van der Waals surface area contributed by atoms with Crippen LogP contribution in [0.15, 0.2) is 42.5 Å². The van der Waals surface area contributed by atoms with Crippen LogP contribution in [0.1, 0.15) is 39.2 Å². The van der Waals surface area contributed by atoms with E-state index in [1.807, 2.05) is 6.92 Å². The van der Waals surface area contributed by atoms with Crippen molar-refractivity contribution in [2.75, 3.05) is 14.2 Å². The third-order valence-corrected chi connectivity index (χ3v) is 4.30. The van der Waals surface area contributed by atoms with Crippen LogP contribution in [-0.2, 0) is 4.74 Å². The van der Waals surface area contributed by atoms with Gasteiger partial charge in [-0.15, -0.1) is 0 Å². The van der Waals surface area contributed by atoms with Gasteiger partial charge < -0.3 is 9.64 Å². The average molecular weight is 377 g/mol. The third-order valence-electron chi connectivity index (χ3n) is 4.05. The van der Waals surface area contributed by atoms with E-state index in [1.54, 1.807) is 31.3 Å². The molecular weight excluding hydrogens is 360 g/mol. The number of nitro groups is 1. The maximum atomic E-state index is 12.8. The topological polar surface area (TPSA) is 89.8 Å². The fraction of sp³-hybridized carbons (Fsp3) is 0.222. The minimum Gasteiger partial charge on any atom is -0.465 e. The molecule has 136 valence electrons. The molecule has 1 unspecified atom stereocenters. The molecule has 0 aromatic heterocycles. The van der Waals surface area contributed by atoms with Gasteiger partial charge in [0.15, 0.2) is 0 Å². The van der Waals surface area contributed by atoms with Gasteiger partial charge in [-0.25, -0.2) is 4.79 Å². The molecule has 0 aliphatic heterocycles. The zero-order valence-corrected chi connectivity index (χ0v) is 15.2. The molecule has 0 saturated carbocycles. The number of methoxy groups -OCH3 is 1. The molecule has 2 aromatic carbocycles. The molecule has 0 aliphatic carbocycles. The monoisotopic (exact) mass is 376 g/mol. The largest absolute Gasteiger partial charge is 0.465 e. The summed E-state index contributed by atoms with van der Waals surface area (Å²) in [6, 6.07) is 10.2. The Morgan fingerprint density at radius 2 is 1.73 bits per heavy atom. The van der Waals surface area contributed by atoms with Crippen LogP contribution < -0.4 is 0 Å². The highest BCUT2D eigenvalue weighted by Gasteiger charge is 2.23. The van der Waals surface area contributed by atoms with Crippen molar-refractivity contribution in [3.63, 3.8) is 0 Å². The summed E-state index contributed by atoms with van der Waals surface area (Å²) in [4.78, 5) is 36.4. The summed E-state index contributed by atoms with van der Waals surface area (Å²) in [5.74, 6) is -1.21.